The van der Waals surface area contributed by atoms with E-state index in [2.05, 4.69) is 50.0 Å². The number of carbonyl (C=O) groups is 1. The maximum absolute atomic E-state index is 12.7. The van der Waals surface area contributed by atoms with Crippen molar-refractivity contribution in [1.82, 2.24) is 9.88 Å². The van der Waals surface area contributed by atoms with Gasteiger partial charge in [-0.15, -0.1) is 0 Å². The Labute approximate surface area is 144 Å². The molecule has 0 bridgehead atoms. The summed E-state index contributed by atoms with van der Waals surface area (Å²) in [4.78, 5) is 19.2. The van der Waals surface area contributed by atoms with Crippen LogP contribution in [0.1, 0.15) is 53.4 Å². The summed E-state index contributed by atoms with van der Waals surface area (Å²) < 4.78 is 0. The first kappa shape index (κ1) is 16.7. The first-order chi connectivity index (χ1) is 11.5. The Balaban J connectivity index is 1.60. The van der Waals surface area contributed by atoms with Gasteiger partial charge in [0.25, 0.3) is 5.91 Å². The van der Waals surface area contributed by atoms with E-state index >= 15 is 0 Å². The largest absolute Gasteiger partial charge is 0.338 e. The second kappa shape index (κ2) is 7.16. The zero-order valence-electron chi connectivity index (χ0n) is 14.8. The Kier molecular flexibility index (Phi) is 4.98. The lowest BCUT2D eigenvalue weighted by atomic mass is 10.0. The van der Waals surface area contributed by atoms with E-state index in [4.69, 9.17) is 0 Å². The van der Waals surface area contributed by atoms with Crippen LogP contribution in [0.4, 0.5) is 0 Å². The van der Waals surface area contributed by atoms with Crippen molar-refractivity contribution in [3.63, 3.8) is 0 Å². The number of pyridine rings is 1. The van der Waals surface area contributed by atoms with Gasteiger partial charge in [0.15, 0.2) is 0 Å². The van der Waals surface area contributed by atoms with Crippen LogP contribution in [-0.4, -0.2) is 28.9 Å². The van der Waals surface area contributed by atoms with Gasteiger partial charge < -0.3 is 4.90 Å². The van der Waals surface area contributed by atoms with Gasteiger partial charge in [-0.2, -0.15) is 0 Å². The highest BCUT2D eigenvalue weighted by Crippen LogP contribution is 2.23. The average molecular weight is 322 g/mol. The number of aromatic nitrogens is 1. The molecule has 3 nitrogen and oxygen atoms in total. The van der Waals surface area contributed by atoms with Gasteiger partial charge in [-0.3, -0.25) is 9.78 Å². The first-order valence-electron chi connectivity index (χ1n) is 8.83. The van der Waals surface area contributed by atoms with Crippen LogP contribution in [0.2, 0.25) is 0 Å². The predicted octanol–water partition coefficient (Wildman–Crippen LogP) is 4.22. The SMILES string of the molecule is Cc1ccc(CC2CCN(C(=O)c3ccc(C(C)C)cc3)C2)nc1. The number of aryl methyl sites for hydroxylation is 1. The lowest BCUT2D eigenvalue weighted by molar-refractivity contribution is 0.0787. The Morgan fingerprint density at radius 2 is 1.96 bits per heavy atom. The summed E-state index contributed by atoms with van der Waals surface area (Å²) >= 11 is 0. The van der Waals surface area contributed by atoms with Crippen molar-refractivity contribution in [2.75, 3.05) is 13.1 Å². The second-order valence-electron chi connectivity index (χ2n) is 7.21. The van der Waals surface area contributed by atoms with E-state index in [9.17, 15) is 4.79 Å². The van der Waals surface area contributed by atoms with Gasteiger partial charge in [0.05, 0.1) is 0 Å². The number of hydrogen-bond acceptors (Lipinski definition) is 2. The number of hydrogen-bond donors (Lipinski definition) is 0. The van der Waals surface area contributed by atoms with Gasteiger partial charge in [0.1, 0.15) is 0 Å². The van der Waals surface area contributed by atoms with Gasteiger partial charge in [-0.1, -0.05) is 32.0 Å². The van der Waals surface area contributed by atoms with Crippen LogP contribution in [0.25, 0.3) is 0 Å². The van der Waals surface area contributed by atoms with E-state index in [0.717, 1.165) is 37.2 Å². The molecule has 1 unspecified atom stereocenters. The molecule has 1 atom stereocenters. The summed E-state index contributed by atoms with van der Waals surface area (Å²) in [5, 5.41) is 0. The minimum absolute atomic E-state index is 0.157. The summed E-state index contributed by atoms with van der Waals surface area (Å²) in [5.41, 5.74) is 4.39. The molecule has 0 saturated carbocycles. The predicted molar refractivity (Wildman–Crippen MR) is 97.2 cm³/mol. The molecule has 1 aromatic carbocycles. The first-order valence-corrected chi connectivity index (χ1v) is 8.83. The molecule has 1 fully saturated rings. The minimum atomic E-state index is 0.157. The van der Waals surface area contributed by atoms with Gasteiger partial charge in [-0.25, -0.2) is 0 Å². The molecule has 0 aliphatic carbocycles. The van der Waals surface area contributed by atoms with E-state index in [1.165, 1.54) is 11.1 Å². The molecule has 1 aromatic heterocycles. The van der Waals surface area contributed by atoms with Gasteiger partial charge in [0.2, 0.25) is 0 Å². The van der Waals surface area contributed by atoms with Crippen molar-refractivity contribution in [3.8, 4) is 0 Å². The number of likely N-dealkylation sites (tertiary alicyclic amines) is 1. The highest BCUT2D eigenvalue weighted by atomic mass is 16.2. The summed E-state index contributed by atoms with van der Waals surface area (Å²) in [7, 11) is 0. The summed E-state index contributed by atoms with van der Waals surface area (Å²) in [6.45, 7) is 8.07. The van der Waals surface area contributed by atoms with E-state index in [1.807, 2.05) is 23.2 Å². The third kappa shape index (κ3) is 3.84. The van der Waals surface area contributed by atoms with Crippen molar-refractivity contribution < 1.29 is 4.79 Å². The third-order valence-electron chi connectivity index (χ3n) is 4.87. The molecule has 1 saturated heterocycles. The zero-order valence-corrected chi connectivity index (χ0v) is 14.8. The molecular weight excluding hydrogens is 296 g/mol. The van der Waals surface area contributed by atoms with E-state index in [0.29, 0.717) is 11.8 Å². The monoisotopic (exact) mass is 322 g/mol. The van der Waals surface area contributed by atoms with Gasteiger partial charge >= 0.3 is 0 Å². The molecule has 1 amide bonds. The summed E-state index contributed by atoms with van der Waals surface area (Å²) in [5.74, 6) is 1.16. The Bertz CT molecular complexity index is 689. The summed E-state index contributed by atoms with van der Waals surface area (Å²) in [6.07, 6.45) is 3.94. The molecule has 24 heavy (non-hydrogen) atoms. The van der Waals surface area contributed by atoms with Crippen molar-refractivity contribution in [2.45, 2.75) is 39.5 Å². The fourth-order valence-corrected chi connectivity index (χ4v) is 3.29. The average Bonchev–Trinajstić information content (AvgIpc) is 3.05. The fourth-order valence-electron chi connectivity index (χ4n) is 3.29. The van der Waals surface area contributed by atoms with Crippen molar-refractivity contribution in [3.05, 3.63) is 65.0 Å². The standard InChI is InChI=1S/C21H26N2O/c1-15(2)18-5-7-19(8-6-18)21(24)23-11-10-17(14-23)12-20-9-4-16(3)13-22-20/h4-9,13,15,17H,10-12,14H2,1-3H3. The van der Waals surface area contributed by atoms with E-state index in [1.54, 1.807) is 0 Å². The molecule has 0 N–H and O–H groups in total. The van der Waals surface area contributed by atoms with Crippen LogP contribution in [-0.2, 0) is 6.42 Å². The fraction of sp³-hybridized carbons (Fsp3) is 0.429. The maximum atomic E-state index is 12.7. The van der Waals surface area contributed by atoms with Crippen LogP contribution in [0, 0.1) is 12.8 Å². The number of benzene rings is 1. The topological polar surface area (TPSA) is 33.2 Å². The zero-order chi connectivity index (χ0) is 17.1. The highest BCUT2D eigenvalue weighted by Gasteiger charge is 2.27. The van der Waals surface area contributed by atoms with E-state index in [-0.39, 0.29) is 5.91 Å². The van der Waals surface area contributed by atoms with Crippen LogP contribution in [0.15, 0.2) is 42.6 Å². The van der Waals surface area contributed by atoms with Crippen molar-refractivity contribution in [1.29, 1.82) is 0 Å². The van der Waals surface area contributed by atoms with Gasteiger partial charge in [-0.05, 0) is 60.9 Å². The smallest absolute Gasteiger partial charge is 0.253 e. The lowest BCUT2D eigenvalue weighted by Crippen LogP contribution is -2.29. The molecule has 3 rings (SSSR count). The molecule has 0 radical (unpaired) electrons. The van der Waals surface area contributed by atoms with Crippen molar-refractivity contribution >= 4 is 5.91 Å². The highest BCUT2D eigenvalue weighted by molar-refractivity contribution is 5.94. The molecule has 0 spiro atoms. The van der Waals surface area contributed by atoms with E-state index < -0.39 is 0 Å². The normalized spacial score (nSPS) is 17.5. The van der Waals surface area contributed by atoms with Crippen LogP contribution >= 0.6 is 0 Å². The maximum Gasteiger partial charge on any atom is 0.253 e. The molecule has 3 heteroatoms. The van der Waals surface area contributed by atoms with Gasteiger partial charge in [0, 0.05) is 30.5 Å². The molecular formula is C21H26N2O. The molecule has 2 heterocycles. The third-order valence-corrected chi connectivity index (χ3v) is 4.87. The Morgan fingerprint density at radius 1 is 1.21 bits per heavy atom. The molecule has 2 aromatic rings. The number of carbonyl (C=O) groups excluding carboxylic acids is 1. The Morgan fingerprint density at radius 3 is 2.58 bits per heavy atom. The van der Waals surface area contributed by atoms with Crippen molar-refractivity contribution in [2.24, 2.45) is 5.92 Å². The second-order valence-corrected chi connectivity index (χ2v) is 7.21. The molecule has 126 valence electrons. The number of nitrogens with zero attached hydrogens (tertiary/aromatic N) is 2. The molecule has 1 aliphatic rings. The minimum Gasteiger partial charge on any atom is -0.338 e. The number of amides is 1. The quantitative estimate of drug-likeness (QED) is 0.844. The van der Waals surface area contributed by atoms with Crippen LogP contribution < -0.4 is 0 Å². The molecule has 1 aliphatic heterocycles. The summed E-state index contributed by atoms with van der Waals surface area (Å²) in [6, 6.07) is 12.3. The lowest BCUT2D eigenvalue weighted by Gasteiger charge is -2.17. The van der Waals surface area contributed by atoms with Crippen LogP contribution in [0.3, 0.4) is 0 Å². The Hall–Kier alpha value is -2.16. The number of rotatable bonds is 4. The van der Waals surface area contributed by atoms with Crippen LogP contribution in [0.5, 0.6) is 0 Å².